The number of unbranched alkanes of at least 4 members (excludes halogenated alkanes) is 1. The third kappa shape index (κ3) is 5.48. The van der Waals surface area contributed by atoms with Crippen molar-refractivity contribution in [1.29, 1.82) is 0 Å². The lowest BCUT2D eigenvalue weighted by Gasteiger charge is -2.39. The fraction of sp³-hybridized carbons (Fsp3) is 0.118. The van der Waals surface area contributed by atoms with E-state index in [1.165, 1.54) is 67.2 Å². The molecule has 6 aromatic carbocycles. The van der Waals surface area contributed by atoms with Crippen LogP contribution in [0.4, 0.5) is 0 Å². The maximum Gasteiger partial charge on any atom is 1.00 e. The molecule has 0 aromatic heterocycles. The van der Waals surface area contributed by atoms with Crippen molar-refractivity contribution in [2.24, 2.45) is 0 Å². The van der Waals surface area contributed by atoms with E-state index in [9.17, 15) is 0 Å². The predicted octanol–water partition coefficient (Wildman–Crippen LogP) is 5.76. The van der Waals surface area contributed by atoms with Gasteiger partial charge in [0, 0.05) is 16.2 Å². The molecule has 196 valence electrons. The number of benzene rings is 6. The van der Waals surface area contributed by atoms with Crippen LogP contribution in [0.2, 0.25) is 0 Å². The second-order valence-electron chi connectivity index (χ2n) is 9.61. The maximum absolute atomic E-state index is 8.48. The Morgan fingerprint density at radius 1 is 0.513 bits per heavy atom. The summed E-state index contributed by atoms with van der Waals surface area (Å²) in [6.07, 6.45) is 3.55. The quantitative estimate of drug-likeness (QED) is 0.248. The Balaban J connectivity index is 0.000000725. The van der Waals surface area contributed by atoms with Crippen molar-refractivity contribution in [1.82, 2.24) is 0 Å². The molecule has 0 spiro atoms. The van der Waals surface area contributed by atoms with E-state index in [0.717, 1.165) is 0 Å². The SMILES string of the molecule is CCCC[P+](c1cccc2ccccc12)(c1cccc2ccccc12)c1cccc2ccccc12.[H+].[H+].[O-]P([O-])[O-]. The minimum absolute atomic E-state index is 0. The van der Waals surface area contributed by atoms with Gasteiger partial charge in [0.2, 0.25) is 0 Å². The lowest BCUT2D eigenvalue weighted by Crippen LogP contribution is -2.34. The van der Waals surface area contributed by atoms with Crippen molar-refractivity contribution in [3.8, 4) is 0 Å². The number of hydrogen-bond acceptors (Lipinski definition) is 3. The van der Waals surface area contributed by atoms with Gasteiger partial charge in [0.15, 0.2) is 0 Å². The van der Waals surface area contributed by atoms with Crippen LogP contribution in [-0.4, -0.2) is 6.16 Å². The summed E-state index contributed by atoms with van der Waals surface area (Å²) >= 11 is 0. The fourth-order valence-corrected chi connectivity index (χ4v) is 10.9. The minimum Gasteiger partial charge on any atom is -0.854 e. The molecular weight excluding hydrogens is 518 g/mol. The van der Waals surface area contributed by atoms with Gasteiger partial charge in [-0.2, -0.15) is 0 Å². The molecule has 0 aliphatic rings. The van der Waals surface area contributed by atoms with E-state index in [1.54, 1.807) is 0 Å². The first kappa shape index (κ1) is 27.4. The Morgan fingerprint density at radius 3 is 1.15 bits per heavy atom. The minimum atomic E-state index is -3.37. The summed E-state index contributed by atoms with van der Waals surface area (Å²) in [5.41, 5.74) is 0. The van der Waals surface area contributed by atoms with Gasteiger partial charge in [0.05, 0.1) is 6.16 Å². The lowest BCUT2D eigenvalue weighted by molar-refractivity contribution is -0.407. The van der Waals surface area contributed by atoms with Gasteiger partial charge in [-0.1, -0.05) is 123 Å². The van der Waals surface area contributed by atoms with Gasteiger partial charge in [0.1, 0.15) is 23.2 Å². The molecule has 0 bridgehead atoms. The highest BCUT2D eigenvalue weighted by molar-refractivity contribution is 7.96. The zero-order valence-corrected chi connectivity index (χ0v) is 23.7. The highest BCUT2D eigenvalue weighted by Crippen LogP contribution is 2.59. The van der Waals surface area contributed by atoms with Crippen molar-refractivity contribution in [2.45, 2.75) is 19.8 Å². The van der Waals surface area contributed by atoms with Crippen LogP contribution in [0.3, 0.4) is 0 Å². The molecule has 39 heavy (non-hydrogen) atoms. The van der Waals surface area contributed by atoms with Gasteiger partial charge in [-0.05, 0) is 40.8 Å². The normalized spacial score (nSPS) is 11.6. The molecule has 6 aromatic rings. The van der Waals surface area contributed by atoms with Crippen LogP contribution in [-0.2, 0) is 0 Å². The van der Waals surface area contributed by atoms with Crippen molar-refractivity contribution in [3.05, 3.63) is 127 Å². The first-order valence-electron chi connectivity index (χ1n) is 13.2. The molecule has 0 fully saturated rings. The van der Waals surface area contributed by atoms with Gasteiger partial charge in [-0.25, -0.2) is 0 Å². The van der Waals surface area contributed by atoms with Crippen LogP contribution < -0.4 is 30.6 Å². The van der Waals surface area contributed by atoms with Gasteiger partial charge in [-0.15, -0.1) is 0 Å². The zero-order chi connectivity index (χ0) is 27.2. The molecule has 0 amide bonds. The van der Waals surface area contributed by atoms with Crippen molar-refractivity contribution >= 4 is 64.1 Å². The molecule has 0 aliphatic heterocycles. The molecule has 0 atom stereocenters. The summed E-state index contributed by atoms with van der Waals surface area (Å²) in [5, 5.41) is 12.7. The molecule has 5 heteroatoms. The molecule has 0 heterocycles. The summed E-state index contributed by atoms with van der Waals surface area (Å²) in [6.45, 7) is 2.32. The summed E-state index contributed by atoms with van der Waals surface area (Å²) in [6, 6.07) is 47.8. The van der Waals surface area contributed by atoms with E-state index in [0.29, 0.717) is 0 Å². The van der Waals surface area contributed by atoms with E-state index >= 15 is 0 Å². The second-order valence-corrected chi connectivity index (χ2v) is 13.6. The standard InChI is InChI=1S/C34H30P.O3P/c1-2-3-25-35(32-22-10-16-26-13-4-7-19-29(26)32,33-23-11-17-27-14-5-8-20-30(27)33)34-24-12-18-28-15-6-9-21-31(28)34;1-4(2)3/h4-24H,2-3,25H2,1H3;/q+1;-3/p+2. The Labute approximate surface area is 234 Å². The van der Waals surface area contributed by atoms with E-state index in [4.69, 9.17) is 14.7 Å². The first-order valence-corrected chi connectivity index (χ1v) is 16.3. The van der Waals surface area contributed by atoms with Crippen LogP contribution in [0.1, 0.15) is 22.6 Å². The number of hydrogen-bond donors (Lipinski definition) is 0. The molecule has 6 rings (SSSR count). The molecular formula is C34H32O3P2. The van der Waals surface area contributed by atoms with Crippen molar-refractivity contribution in [3.63, 3.8) is 0 Å². The topological polar surface area (TPSA) is 69.2 Å². The average Bonchev–Trinajstić information content (AvgIpc) is 2.97. The van der Waals surface area contributed by atoms with Crippen LogP contribution >= 0.6 is 15.9 Å². The van der Waals surface area contributed by atoms with Crippen LogP contribution in [0.5, 0.6) is 0 Å². The third-order valence-electron chi connectivity index (χ3n) is 7.38. The van der Waals surface area contributed by atoms with Gasteiger partial charge in [-0.3, -0.25) is 0 Å². The predicted molar refractivity (Wildman–Crippen MR) is 167 cm³/mol. The van der Waals surface area contributed by atoms with E-state index in [-0.39, 0.29) is 2.85 Å². The van der Waals surface area contributed by atoms with Crippen molar-refractivity contribution in [2.75, 3.05) is 6.16 Å². The van der Waals surface area contributed by atoms with E-state index < -0.39 is 15.9 Å². The van der Waals surface area contributed by atoms with E-state index in [2.05, 4.69) is 134 Å². The molecule has 0 unspecified atom stereocenters. The van der Waals surface area contributed by atoms with Gasteiger partial charge < -0.3 is 23.3 Å². The Hall–Kier alpha value is -3.16. The lowest BCUT2D eigenvalue weighted by atomic mass is 10.1. The first-order chi connectivity index (χ1) is 19.1. The third-order valence-corrected chi connectivity index (χ3v) is 12.0. The number of rotatable bonds is 6. The highest BCUT2D eigenvalue weighted by Gasteiger charge is 2.47. The summed E-state index contributed by atoms with van der Waals surface area (Å²) in [4.78, 5) is 25.4. The Bertz CT molecular complexity index is 1520. The average molecular weight is 551 g/mol. The number of fused-ring (bicyclic) bond motifs is 3. The molecule has 0 radical (unpaired) electrons. The van der Waals surface area contributed by atoms with Crippen LogP contribution in [0.15, 0.2) is 127 Å². The summed E-state index contributed by atoms with van der Waals surface area (Å²) < 4.78 is 0. The zero-order valence-electron chi connectivity index (χ0n) is 23.9. The second kappa shape index (κ2) is 12.3. The van der Waals surface area contributed by atoms with E-state index in [1.807, 2.05) is 0 Å². The highest BCUT2D eigenvalue weighted by atomic mass is 31.2. The van der Waals surface area contributed by atoms with Crippen molar-refractivity contribution < 1.29 is 17.5 Å². The van der Waals surface area contributed by atoms with Gasteiger partial charge >= 0.3 is 2.85 Å². The molecule has 0 saturated carbocycles. The fourth-order valence-electron chi connectivity index (χ4n) is 5.77. The smallest absolute Gasteiger partial charge is 0.854 e. The Kier molecular flexibility index (Phi) is 8.68. The maximum atomic E-state index is 8.48. The van der Waals surface area contributed by atoms with Crippen LogP contribution in [0.25, 0.3) is 32.3 Å². The molecule has 0 aliphatic carbocycles. The molecule has 0 saturated heterocycles. The monoisotopic (exact) mass is 550 g/mol. The van der Waals surface area contributed by atoms with Crippen LogP contribution in [0, 0.1) is 0 Å². The summed E-state index contributed by atoms with van der Waals surface area (Å²) in [7, 11) is -5.38. The Morgan fingerprint density at radius 2 is 0.821 bits per heavy atom. The molecule has 3 nitrogen and oxygen atoms in total. The largest absolute Gasteiger partial charge is 1.00 e. The van der Waals surface area contributed by atoms with Gasteiger partial charge in [0.25, 0.3) is 0 Å². The summed E-state index contributed by atoms with van der Waals surface area (Å²) in [5.74, 6) is 0. The molecule has 0 N–H and O–H groups in total.